The fourth-order valence-electron chi connectivity index (χ4n) is 6.09. The number of quaternary nitrogens is 2. The number of carbonyl (C=O) groups excluding carboxylic acids is 2. The van der Waals surface area contributed by atoms with Gasteiger partial charge in [-0.25, -0.2) is 4.90 Å². The Balaban J connectivity index is 1.21. The molecule has 180 valence electrons. The van der Waals surface area contributed by atoms with Gasteiger partial charge in [0, 0.05) is 16.5 Å². The molecule has 5 nitrogen and oxygen atoms in total. The topological polar surface area (TPSA) is 46.3 Å². The van der Waals surface area contributed by atoms with Gasteiger partial charge in [0.1, 0.15) is 32.2 Å². The highest BCUT2D eigenvalue weighted by molar-refractivity contribution is 6.24. The fourth-order valence-corrected chi connectivity index (χ4v) is 6.09. The van der Waals surface area contributed by atoms with E-state index in [1.54, 1.807) is 0 Å². The van der Waals surface area contributed by atoms with E-state index in [4.69, 9.17) is 0 Å². The number of anilines is 1. The predicted octanol–water partition coefficient (Wildman–Crippen LogP) is 2.04. The number of hydrogen-bond acceptors (Lipinski definition) is 2. The number of nitrogens with one attached hydrogen (secondary N) is 2. The van der Waals surface area contributed by atoms with E-state index in [0.717, 1.165) is 37.0 Å². The van der Waals surface area contributed by atoms with Crippen LogP contribution in [0, 0.1) is 0 Å². The molecule has 4 aromatic carbocycles. The summed E-state index contributed by atoms with van der Waals surface area (Å²) in [6.45, 7) is 3.66. The van der Waals surface area contributed by atoms with Crippen LogP contribution in [0.2, 0.25) is 0 Å². The van der Waals surface area contributed by atoms with Crippen LogP contribution in [-0.2, 0) is 9.59 Å². The van der Waals surface area contributed by atoms with Crippen molar-refractivity contribution in [2.45, 2.75) is 18.5 Å². The minimum absolute atomic E-state index is 0.0579. The molecule has 2 aliphatic rings. The zero-order chi connectivity index (χ0) is 24.5. The van der Waals surface area contributed by atoms with E-state index >= 15 is 0 Å². The third kappa shape index (κ3) is 4.11. The van der Waals surface area contributed by atoms with Gasteiger partial charge in [0.25, 0.3) is 5.91 Å². The van der Waals surface area contributed by atoms with E-state index in [9.17, 15) is 9.59 Å². The fraction of sp³-hybridized carbons (Fsp3) is 0.226. The van der Waals surface area contributed by atoms with E-state index in [0.29, 0.717) is 5.69 Å². The standard InChI is InChI=1S/C31H29N3O2/c35-29-22-28(31(36)34(29)27-17-9-15-23-10-7-8-16-26(23)27)32-18-20-33(21-19-32)30(24-11-3-1-4-12-24)25-13-5-2-6-14-25/h1-17,28,30H,18-22H2/p+2/t28-/m0/s1. The number of nitrogens with zero attached hydrogens (tertiary/aromatic N) is 1. The first-order valence-corrected chi connectivity index (χ1v) is 12.8. The van der Waals surface area contributed by atoms with E-state index < -0.39 is 0 Å². The minimum Gasteiger partial charge on any atom is -0.316 e. The third-order valence-corrected chi connectivity index (χ3v) is 7.86. The molecule has 2 fully saturated rings. The van der Waals surface area contributed by atoms with Crippen LogP contribution in [0.4, 0.5) is 5.69 Å². The Kier molecular flexibility index (Phi) is 6.09. The molecule has 1 atom stereocenters. The largest absolute Gasteiger partial charge is 0.316 e. The summed E-state index contributed by atoms with van der Waals surface area (Å²) in [5.41, 5.74) is 3.34. The Morgan fingerprint density at radius 2 is 1.25 bits per heavy atom. The molecule has 0 radical (unpaired) electrons. The molecular formula is C31H31N3O2+2. The molecule has 0 aromatic heterocycles. The number of fused-ring (bicyclic) bond motifs is 1. The highest BCUT2D eigenvalue weighted by Crippen LogP contribution is 2.30. The highest BCUT2D eigenvalue weighted by Gasteiger charge is 2.47. The van der Waals surface area contributed by atoms with Crippen LogP contribution in [0.1, 0.15) is 23.6 Å². The van der Waals surface area contributed by atoms with Crippen molar-refractivity contribution in [3.63, 3.8) is 0 Å². The van der Waals surface area contributed by atoms with E-state index in [2.05, 4.69) is 60.7 Å². The second-order valence-electron chi connectivity index (χ2n) is 9.89. The molecule has 2 aliphatic heterocycles. The normalized spacial score (nSPS) is 22.5. The van der Waals surface area contributed by atoms with Gasteiger partial charge in [-0.1, -0.05) is 97.1 Å². The monoisotopic (exact) mass is 477 g/mol. The van der Waals surface area contributed by atoms with Gasteiger partial charge >= 0.3 is 0 Å². The van der Waals surface area contributed by atoms with Gasteiger partial charge in [-0.2, -0.15) is 0 Å². The summed E-state index contributed by atoms with van der Waals surface area (Å²) < 4.78 is 0. The summed E-state index contributed by atoms with van der Waals surface area (Å²) in [5, 5.41) is 1.98. The Hall–Kier alpha value is -3.80. The summed E-state index contributed by atoms with van der Waals surface area (Å²) in [7, 11) is 0. The van der Waals surface area contributed by atoms with Gasteiger partial charge in [0.05, 0.1) is 12.1 Å². The Bertz CT molecular complexity index is 1340. The molecule has 0 bridgehead atoms. The van der Waals surface area contributed by atoms with Crippen LogP contribution in [0.5, 0.6) is 0 Å². The van der Waals surface area contributed by atoms with Crippen molar-refractivity contribution in [1.82, 2.24) is 0 Å². The molecule has 4 aromatic rings. The highest BCUT2D eigenvalue weighted by atomic mass is 16.2. The maximum atomic E-state index is 13.6. The quantitative estimate of drug-likeness (QED) is 0.432. The Labute approximate surface area is 211 Å². The van der Waals surface area contributed by atoms with Gasteiger partial charge < -0.3 is 9.80 Å². The first-order chi connectivity index (χ1) is 17.7. The Morgan fingerprint density at radius 3 is 1.92 bits per heavy atom. The average molecular weight is 478 g/mol. The first-order valence-electron chi connectivity index (χ1n) is 12.8. The number of carbonyl (C=O) groups is 2. The summed E-state index contributed by atoms with van der Waals surface area (Å²) >= 11 is 0. The van der Waals surface area contributed by atoms with Crippen molar-refractivity contribution in [1.29, 1.82) is 0 Å². The van der Waals surface area contributed by atoms with E-state index in [-0.39, 0.29) is 30.3 Å². The van der Waals surface area contributed by atoms with E-state index in [1.165, 1.54) is 25.8 Å². The van der Waals surface area contributed by atoms with Crippen molar-refractivity contribution in [3.05, 3.63) is 114 Å². The molecule has 2 amide bonds. The molecule has 0 unspecified atom stereocenters. The summed E-state index contributed by atoms with van der Waals surface area (Å²) in [6, 6.07) is 35.2. The van der Waals surface area contributed by atoms with Gasteiger partial charge in [0.2, 0.25) is 5.91 Å². The van der Waals surface area contributed by atoms with Crippen molar-refractivity contribution in [2.75, 3.05) is 31.1 Å². The van der Waals surface area contributed by atoms with Gasteiger partial charge in [-0.3, -0.25) is 9.59 Å². The number of piperazine rings is 1. The number of rotatable bonds is 5. The zero-order valence-corrected chi connectivity index (χ0v) is 20.3. The second kappa shape index (κ2) is 9.69. The lowest BCUT2D eigenvalue weighted by Gasteiger charge is -2.36. The SMILES string of the molecule is O=C1C[C@H]([NH+]2CC[NH+](C(c3ccccc3)c3ccccc3)CC2)C(=O)N1c1cccc2ccccc12. The summed E-state index contributed by atoms with van der Waals surface area (Å²) in [4.78, 5) is 30.9. The molecule has 36 heavy (non-hydrogen) atoms. The van der Waals surface area contributed by atoms with E-state index in [1.807, 2.05) is 42.5 Å². The van der Waals surface area contributed by atoms with Crippen molar-refractivity contribution in [3.8, 4) is 0 Å². The molecular weight excluding hydrogens is 446 g/mol. The van der Waals surface area contributed by atoms with Gasteiger partial charge in [-0.15, -0.1) is 0 Å². The average Bonchev–Trinajstić information content (AvgIpc) is 3.23. The van der Waals surface area contributed by atoms with Gasteiger partial charge in [0.15, 0.2) is 6.04 Å². The summed E-state index contributed by atoms with van der Waals surface area (Å²) in [6.07, 6.45) is 0.285. The number of imide groups is 1. The lowest BCUT2D eigenvalue weighted by Crippen LogP contribution is -3.30. The lowest BCUT2D eigenvalue weighted by molar-refractivity contribution is -1.03. The maximum Gasteiger partial charge on any atom is 0.292 e. The molecule has 0 saturated carbocycles. The van der Waals surface area contributed by atoms with Crippen molar-refractivity contribution < 1.29 is 19.4 Å². The Morgan fingerprint density at radius 1 is 0.667 bits per heavy atom. The lowest BCUT2D eigenvalue weighted by atomic mass is 9.96. The smallest absolute Gasteiger partial charge is 0.292 e. The van der Waals surface area contributed by atoms with Crippen LogP contribution in [0.25, 0.3) is 10.8 Å². The van der Waals surface area contributed by atoms with Crippen LogP contribution >= 0.6 is 0 Å². The zero-order valence-electron chi connectivity index (χ0n) is 20.3. The second-order valence-corrected chi connectivity index (χ2v) is 9.89. The first kappa shape index (κ1) is 22.7. The van der Waals surface area contributed by atoms with Crippen LogP contribution < -0.4 is 14.7 Å². The number of hydrogen-bond donors (Lipinski definition) is 2. The number of benzene rings is 4. The molecule has 5 heteroatoms. The molecule has 6 rings (SSSR count). The predicted molar refractivity (Wildman–Crippen MR) is 141 cm³/mol. The van der Waals surface area contributed by atoms with Crippen LogP contribution in [0.3, 0.4) is 0 Å². The minimum atomic E-state index is -0.301. The molecule has 2 saturated heterocycles. The molecule has 2 N–H and O–H groups in total. The van der Waals surface area contributed by atoms with Gasteiger partial charge in [-0.05, 0) is 11.5 Å². The maximum absolute atomic E-state index is 13.6. The van der Waals surface area contributed by atoms with Crippen LogP contribution in [-0.4, -0.2) is 44.0 Å². The number of amides is 2. The van der Waals surface area contributed by atoms with Crippen LogP contribution in [0.15, 0.2) is 103 Å². The molecule has 0 aliphatic carbocycles. The molecule has 2 heterocycles. The molecule has 0 spiro atoms. The van der Waals surface area contributed by atoms with Crippen molar-refractivity contribution >= 4 is 28.3 Å². The summed E-state index contributed by atoms with van der Waals surface area (Å²) in [5.74, 6) is -0.146. The van der Waals surface area contributed by atoms with Crippen molar-refractivity contribution in [2.24, 2.45) is 0 Å². The third-order valence-electron chi connectivity index (χ3n) is 7.86.